The minimum absolute atomic E-state index is 0.503. The smallest absolute Gasteiger partial charge is 0.0571 e. The number of aryl methyl sites for hydroxylation is 1. The summed E-state index contributed by atoms with van der Waals surface area (Å²) in [6.07, 6.45) is 17.2. The molecule has 198 valence electrons. The third-order valence-corrected chi connectivity index (χ3v) is 7.17. The molecule has 2 saturated carbocycles. The number of rotatable bonds is 2. The van der Waals surface area contributed by atoms with Gasteiger partial charge in [-0.05, 0) is 57.3 Å². The van der Waals surface area contributed by atoms with Gasteiger partial charge in [0, 0.05) is 14.2 Å². The van der Waals surface area contributed by atoms with Gasteiger partial charge in [0.25, 0.3) is 0 Å². The second kappa shape index (κ2) is 21.6. The monoisotopic (exact) mass is 482 g/mol. The summed E-state index contributed by atoms with van der Waals surface area (Å²) >= 11 is 0. The molecular weight excluding hydrogens is 428 g/mol. The SMILES string of the molecule is CC1CCCC(C)CCC1.COC1CCCC(OC)CCC1.Cc1ccccc1.c1ccccc1. The molecule has 2 aromatic carbocycles. The molecule has 0 radical (unpaired) electrons. The molecule has 2 heteroatoms. The molecule has 0 N–H and O–H groups in total. The fourth-order valence-corrected chi connectivity index (χ4v) is 4.74. The van der Waals surface area contributed by atoms with Crippen molar-refractivity contribution in [3.05, 3.63) is 72.3 Å². The van der Waals surface area contributed by atoms with Gasteiger partial charge in [-0.15, -0.1) is 0 Å². The van der Waals surface area contributed by atoms with Crippen LogP contribution in [0, 0.1) is 18.8 Å². The van der Waals surface area contributed by atoms with Crippen LogP contribution in [0.1, 0.15) is 96.5 Å². The van der Waals surface area contributed by atoms with Crippen LogP contribution in [0.2, 0.25) is 0 Å². The Morgan fingerprint density at radius 3 is 1.03 bits per heavy atom. The standard InChI is InChI=1S/C10H20O2.C10H20.C7H8.C6H6/c1-11-9-5-3-7-10(12-2)8-4-6-9;1-9-5-3-7-10(2)8-4-6-9;1-7-5-3-2-4-6-7;1-2-4-6-5-3-1/h9-10H,3-8H2,1-2H3;9-10H,3-8H2,1-2H3;2-6H,1H3;1-6H. The largest absolute Gasteiger partial charge is 0.381 e. The van der Waals surface area contributed by atoms with Crippen LogP contribution in [0.15, 0.2) is 66.7 Å². The van der Waals surface area contributed by atoms with Gasteiger partial charge in [0.15, 0.2) is 0 Å². The molecule has 2 aliphatic rings. The minimum Gasteiger partial charge on any atom is -0.381 e. The van der Waals surface area contributed by atoms with Crippen molar-refractivity contribution in [1.82, 2.24) is 0 Å². The van der Waals surface area contributed by atoms with Gasteiger partial charge in [0.1, 0.15) is 0 Å². The zero-order valence-electron chi connectivity index (χ0n) is 23.5. The maximum Gasteiger partial charge on any atom is 0.0571 e. The number of ether oxygens (including phenoxy) is 2. The van der Waals surface area contributed by atoms with E-state index in [0.717, 1.165) is 11.8 Å². The average molecular weight is 483 g/mol. The Kier molecular flexibility index (Phi) is 19.4. The summed E-state index contributed by atoms with van der Waals surface area (Å²) < 4.78 is 10.7. The molecule has 35 heavy (non-hydrogen) atoms. The molecule has 0 heterocycles. The van der Waals surface area contributed by atoms with E-state index in [9.17, 15) is 0 Å². The van der Waals surface area contributed by atoms with Crippen molar-refractivity contribution >= 4 is 0 Å². The maximum absolute atomic E-state index is 5.35. The summed E-state index contributed by atoms with van der Waals surface area (Å²) in [6, 6.07) is 22.3. The number of benzene rings is 2. The third kappa shape index (κ3) is 18.3. The van der Waals surface area contributed by atoms with E-state index in [1.807, 2.05) is 68.8 Å². The summed E-state index contributed by atoms with van der Waals surface area (Å²) in [5.41, 5.74) is 1.32. The molecule has 2 aliphatic carbocycles. The molecule has 0 saturated heterocycles. The Morgan fingerprint density at radius 1 is 0.486 bits per heavy atom. The Morgan fingerprint density at radius 2 is 0.771 bits per heavy atom. The lowest BCUT2D eigenvalue weighted by Gasteiger charge is -2.22. The van der Waals surface area contributed by atoms with Crippen LogP contribution in [-0.4, -0.2) is 26.4 Å². The molecular formula is C33H54O2. The van der Waals surface area contributed by atoms with Crippen molar-refractivity contribution in [3.63, 3.8) is 0 Å². The Hall–Kier alpha value is -1.64. The highest BCUT2D eigenvalue weighted by molar-refractivity contribution is 5.11. The molecule has 2 nitrogen and oxygen atoms in total. The van der Waals surface area contributed by atoms with Crippen LogP contribution in [0.5, 0.6) is 0 Å². The second-order valence-electron chi connectivity index (χ2n) is 10.5. The first kappa shape index (κ1) is 31.4. The topological polar surface area (TPSA) is 18.5 Å². The van der Waals surface area contributed by atoms with E-state index in [4.69, 9.17) is 9.47 Å². The third-order valence-electron chi connectivity index (χ3n) is 7.17. The summed E-state index contributed by atoms with van der Waals surface area (Å²) in [5, 5.41) is 0. The van der Waals surface area contributed by atoms with Crippen molar-refractivity contribution in [3.8, 4) is 0 Å². The van der Waals surface area contributed by atoms with Crippen molar-refractivity contribution in [2.75, 3.05) is 14.2 Å². The maximum atomic E-state index is 5.35. The van der Waals surface area contributed by atoms with Gasteiger partial charge in [0.05, 0.1) is 12.2 Å². The number of methoxy groups -OCH3 is 2. The van der Waals surface area contributed by atoms with E-state index in [1.54, 1.807) is 0 Å². The molecule has 0 aliphatic heterocycles. The van der Waals surface area contributed by atoms with Crippen molar-refractivity contribution in [2.45, 2.75) is 110 Å². The lowest BCUT2D eigenvalue weighted by atomic mass is 9.88. The van der Waals surface area contributed by atoms with Gasteiger partial charge in [-0.3, -0.25) is 0 Å². The Balaban J connectivity index is 0.000000241. The summed E-state index contributed by atoms with van der Waals surface area (Å²) in [5.74, 6) is 2.01. The predicted octanol–water partition coefficient (Wildman–Crippen LogP) is 9.67. The highest BCUT2D eigenvalue weighted by atomic mass is 16.5. The Bertz CT molecular complexity index is 603. The van der Waals surface area contributed by atoms with E-state index in [0.29, 0.717) is 12.2 Å². The number of hydrogen-bond acceptors (Lipinski definition) is 2. The van der Waals surface area contributed by atoms with Gasteiger partial charge in [0.2, 0.25) is 0 Å². The highest BCUT2D eigenvalue weighted by Gasteiger charge is 2.15. The van der Waals surface area contributed by atoms with Crippen molar-refractivity contribution in [2.24, 2.45) is 11.8 Å². The van der Waals surface area contributed by atoms with Gasteiger partial charge in [-0.1, -0.05) is 125 Å². The fraction of sp³-hybridized carbons (Fsp3) is 0.636. The fourth-order valence-electron chi connectivity index (χ4n) is 4.74. The predicted molar refractivity (Wildman–Crippen MR) is 153 cm³/mol. The van der Waals surface area contributed by atoms with E-state index in [1.165, 1.54) is 82.6 Å². The van der Waals surface area contributed by atoms with E-state index in [2.05, 4.69) is 32.9 Å². The van der Waals surface area contributed by atoms with Crippen LogP contribution >= 0.6 is 0 Å². The first-order valence-corrected chi connectivity index (χ1v) is 14.1. The Labute approximate surface area is 217 Å². The molecule has 0 bridgehead atoms. The second-order valence-corrected chi connectivity index (χ2v) is 10.5. The minimum atomic E-state index is 0.503. The summed E-state index contributed by atoms with van der Waals surface area (Å²) in [4.78, 5) is 0. The van der Waals surface area contributed by atoms with Crippen LogP contribution in [0.3, 0.4) is 0 Å². The van der Waals surface area contributed by atoms with Crippen LogP contribution < -0.4 is 0 Å². The zero-order chi connectivity index (χ0) is 25.6. The van der Waals surface area contributed by atoms with E-state index >= 15 is 0 Å². The summed E-state index contributed by atoms with van der Waals surface area (Å²) in [7, 11) is 3.64. The first-order chi connectivity index (χ1) is 17.0. The van der Waals surface area contributed by atoms with Crippen molar-refractivity contribution < 1.29 is 9.47 Å². The summed E-state index contributed by atoms with van der Waals surface area (Å²) in [6.45, 7) is 6.88. The molecule has 4 rings (SSSR count). The van der Waals surface area contributed by atoms with E-state index < -0.39 is 0 Å². The molecule has 0 spiro atoms. The first-order valence-electron chi connectivity index (χ1n) is 14.1. The quantitative estimate of drug-likeness (QED) is 0.424. The molecule has 0 amide bonds. The molecule has 2 fully saturated rings. The molecule has 0 unspecified atom stereocenters. The lowest BCUT2D eigenvalue weighted by Crippen LogP contribution is -2.18. The lowest BCUT2D eigenvalue weighted by molar-refractivity contribution is 0.0413. The van der Waals surface area contributed by atoms with Crippen LogP contribution in [-0.2, 0) is 9.47 Å². The van der Waals surface area contributed by atoms with Crippen LogP contribution in [0.25, 0.3) is 0 Å². The molecule has 0 aromatic heterocycles. The average Bonchev–Trinajstić information content (AvgIpc) is 2.86. The van der Waals surface area contributed by atoms with Gasteiger partial charge in [-0.2, -0.15) is 0 Å². The number of hydrogen-bond donors (Lipinski definition) is 0. The van der Waals surface area contributed by atoms with Gasteiger partial charge in [-0.25, -0.2) is 0 Å². The molecule has 2 aromatic rings. The van der Waals surface area contributed by atoms with Gasteiger partial charge < -0.3 is 9.47 Å². The zero-order valence-corrected chi connectivity index (χ0v) is 23.5. The van der Waals surface area contributed by atoms with E-state index in [-0.39, 0.29) is 0 Å². The van der Waals surface area contributed by atoms with Crippen molar-refractivity contribution in [1.29, 1.82) is 0 Å². The highest BCUT2D eigenvalue weighted by Crippen LogP contribution is 2.25. The van der Waals surface area contributed by atoms with Crippen LogP contribution in [0.4, 0.5) is 0 Å². The van der Waals surface area contributed by atoms with Gasteiger partial charge >= 0.3 is 0 Å². The normalized spacial score (nSPS) is 24.7. The molecule has 0 atom stereocenters.